The van der Waals surface area contributed by atoms with Gasteiger partial charge < -0.3 is 5.32 Å². The van der Waals surface area contributed by atoms with Gasteiger partial charge in [-0.3, -0.25) is 9.48 Å². The summed E-state index contributed by atoms with van der Waals surface area (Å²) in [7, 11) is 0. The molecule has 4 nitrogen and oxygen atoms in total. The van der Waals surface area contributed by atoms with Gasteiger partial charge in [-0.15, -0.1) is 0 Å². The minimum absolute atomic E-state index is 0.0453. The average molecular weight is 356 g/mol. The number of hydrogen-bond donors (Lipinski definition) is 1. The minimum atomic E-state index is 0.0453. The van der Waals surface area contributed by atoms with Crippen molar-refractivity contribution >= 4 is 11.6 Å². The molecule has 0 spiro atoms. The van der Waals surface area contributed by atoms with Crippen molar-refractivity contribution in [1.29, 1.82) is 0 Å². The quantitative estimate of drug-likeness (QED) is 0.790. The smallest absolute Gasteiger partial charge is 0.224 e. The van der Waals surface area contributed by atoms with Gasteiger partial charge in [-0.05, 0) is 54.9 Å². The lowest BCUT2D eigenvalue weighted by Gasteiger charge is -2.19. The maximum absolute atomic E-state index is 12.3. The van der Waals surface area contributed by atoms with E-state index in [1.54, 1.807) is 0 Å². The maximum atomic E-state index is 12.3. The molecule has 0 unspecified atom stereocenters. The summed E-state index contributed by atoms with van der Waals surface area (Å²) in [5.74, 6) is 0.601. The van der Waals surface area contributed by atoms with Crippen molar-refractivity contribution in [3.8, 4) is 0 Å². The second-order valence-corrected chi connectivity index (χ2v) is 8.60. The third kappa shape index (κ3) is 5.20. The monoisotopic (exact) mass is 355 g/mol. The average Bonchev–Trinajstić information content (AvgIpc) is 2.78. The van der Waals surface area contributed by atoms with E-state index in [1.165, 1.54) is 16.8 Å². The summed E-state index contributed by atoms with van der Waals surface area (Å²) in [5.41, 5.74) is 5.65. The SMILES string of the molecule is Cc1nn(CC(C)C)c(C)c1CCC(=O)Nc1ccc(C(C)(C)C)cc1. The van der Waals surface area contributed by atoms with Crippen LogP contribution in [0.3, 0.4) is 0 Å². The summed E-state index contributed by atoms with van der Waals surface area (Å²) in [6.45, 7) is 16.0. The number of anilines is 1. The summed E-state index contributed by atoms with van der Waals surface area (Å²) in [6, 6.07) is 8.13. The molecule has 0 radical (unpaired) electrons. The Balaban J connectivity index is 1.96. The Kier molecular flexibility index (Phi) is 6.27. The van der Waals surface area contributed by atoms with Gasteiger partial charge in [0, 0.05) is 24.3 Å². The Hall–Kier alpha value is -2.10. The molecule has 26 heavy (non-hydrogen) atoms. The molecule has 1 N–H and O–H groups in total. The Morgan fingerprint density at radius 2 is 1.77 bits per heavy atom. The van der Waals surface area contributed by atoms with Gasteiger partial charge in [0.05, 0.1) is 5.69 Å². The lowest BCUT2D eigenvalue weighted by Crippen LogP contribution is -2.14. The van der Waals surface area contributed by atoms with E-state index in [4.69, 9.17) is 0 Å². The zero-order valence-electron chi connectivity index (χ0n) is 17.3. The van der Waals surface area contributed by atoms with E-state index >= 15 is 0 Å². The summed E-state index contributed by atoms with van der Waals surface area (Å²) in [4.78, 5) is 12.3. The molecule has 0 saturated heterocycles. The second kappa shape index (κ2) is 8.07. The number of hydrogen-bond acceptors (Lipinski definition) is 2. The van der Waals surface area contributed by atoms with Crippen LogP contribution in [0.2, 0.25) is 0 Å². The maximum Gasteiger partial charge on any atom is 0.224 e. The van der Waals surface area contributed by atoms with Crippen molar-refractivity contribution in [2.75, 3.05) is 5.32 Å². The van der Waals surface area contributed by atoms with Gasteiger partial charge in [0.2, 0.25) is 5.91 Å². The predicted molar refractivity (Wildman–Crippen MR) is 109 cm³/mol. The number of aryl methyl sites for hydroxylation is 1. The molecule has 1 aromatic carbocycles. The molecule has 0 atom stereocenters. The third-order valence-electron chi connectivity index (χ3n) is 4.71. The Labute approximate surface area is 158 Å². The van der Waals surface area contributed by atoms with Crippen molar-refractivity contribution < 1.29 is 4.79 Å². The number of nitrogens with zero attached hydrogens (tertiary/aromatic N) is 2. The van der Waals surface area contributed by atoms with Crippen LogP contribution in [0.25, 0.3) is 0 Å². The third-order valence-corrected chi connectivity index (χ3v) is 4.71. The van der Waals surface area contributed by atoms with Gasteiger partial charge >= 0.3 is 0 Å². The van der Waals surface area contributed by atoms with Gasteiger partial charge in [0.25, 0.3) is 0 Å². The van der Waals surface area contributed by atoms with Crippen LogP contribution in [0, 0.1) is 19.8 Å². The van der Waals surface area contributed by atoms with E-state index in [0.29, 0.717) is 12.3 Å². The van der Waals surface area contributed by atoms with Crippen molar-refractivity contribution in [2.24, 2.45) is 5.92 Å². The molecule has 4 heteroatoms. The Morgan fingerprint density at radius 3 is 2.31 bits per heavy atom. The zero-order chi connectivity index (χ0) is 19.5. The van der Waals surface area contributed by atoms with Crippen LogP contribution in [-0.4, -0.2) is 15.7 Å². The standard InChI is InChI=1S/C22H33N3O/c1-15(2)14-25-17(4)20(16(3)24-25)12-13-21(26)23-19-10-8-18(9-11-19)22(5,6)7/h8-11,15H,12-14H2,1-7H3,(H,23,26). The number of rotatable bonds is 6. The fourth-order valence-corrected chi connectivity index (χ4v) is 3.14. The van der Waals surface area contributed by atoms with Gasteiger partial charge in [0.1, 0.15) is 0 Å². The molecular weight excluding hydrogens is 322 g/mol. The van der Waals surface area contributed by atoms with Crippen LogP contribution in [0.15, 0.2) is 24.3 Å². The lowest BCUT2D eigenvalue weighted by atomic mass is 9.87. The van der Waals surface area contributed by atoms with Crippen molar-refractivity contribution in [2.45, 2.75) is 73.3 Å². The lowest BCUT2D eigenvalue weighted by molar-refractivity contribution is -0.116. The molecule has 1 heterocycles. The minimum Gasteiger partial charge on any atom is -0.326 e. The molecule has 2 aromatic rings. The van der Waals surface area contributed by atoms with Crippen LogP contribution in [0.5, 0.6) is 0 Å². The highest BCUT2D eigenvalue weighted by molar-refractivity contribution is 5.90. The van der Waals surface area contributed by atoms with E-state index in [9.17, 15) is 4.79 Å². The number of carbonyl (C=O) groups is 1. The molecule has 2 rings (SSSR count). The topological polar surface area (TPSA) is 46.9 Å². The molecule has 142 valence electrons. The van der Waals surface area contributed by atoms with E-state index in [0.717, 1.165) is 24.3 Å². The normalized spacial score (nSPS) is 11.8. The first-order chi connectivity index (χ1) is 12.1. The van der Waals surface area contributed by atoms with Gasteiger partial charge in [-0.25, -0.2) is 0 Å². The van der Waals surface area contributed by atoms with E-state index < -0.39 is 0 Å². The van der Waals surface area contributed by atoms with Crippen LogP contribution in [0.1, 0.15) is 63.6 Å². The van der Waals surface area contributed by atoms with E-state index in [2.05, 4.69) is 68.8 Å². The van der Waals surface area contributed by atoms with Crippen LogP contribution < -0.4 is 5.32 Å². The van der Waals surface area contributed by atoms with E-state index in [1.807, 2.05) is 19.1 Å². The van der Waals surface area contributed by atoms with Crippen LogP contribution in [0.4, 0.5) is 5.69 Å². The first-order valence-corrected chi connectivity index (χ1v) is 9.51. The highest BCUT2D eigenvalue weighted by atomic mass is 16.1. The fourth-order valence-electron chi connectivity index (χ4n) is 3.14. The summed E-state index contributed by atoms with van der Waals surface area (Å²) < 4.78 is 2.07. The summed E-state index contributed by atoms with van der Waals surface area (Å²) in [6.07, 6.45) is 1.19. The summed E-state index contributed by atoms with van der Waals surface area (Å²) in [5, 5.41) is 7.63. The predicted octanol–water partition coefficient (Wildman–Crippen LogP) is 5.02. The van der Waals surface area contributed by atoms with Crippen molar-refractivity contribution in [3.05, 3.63) is 46.8 Å². The number of benzene rings is 1. The molecule has 0 aliphatic carbocycles. The number of carbonyl (C=O) groups excluding carboxylic acids is 1. The molecular formula is C22H33N3O. The Bertz CT molecular complexity index is 749. The van der Waals surface area contributed by atoms with Gasteiger partial charge in [-0.1, -0.05) is 46.8 Å². The molecule has 0 aliphatic rings. The van der Waals surface area contributed by atoms with Crippen LogP contribution in [-0.2, 0) is 23.2 Å². The second-order valence-electron chi connectivity index (χ2n) is 8.60. The van der Waals surface area contributed by atoms with Crippen LogP contribution >= 0.6 is 0 Å². The van der Waals surface area contributed by atoms with Gasteiger partial charge in [0.15, 0.2) is 0 Å². The van der Waals surface area contributed by atoms with Gasteiger partial charge in [-0.2, -0.15) is 5.10 Å². The highest BCUT2D eigenvalue weighted by Gasteiger charge is 2.15. The molecule has 1 amide bonds. The Morgan fingerprint density at radius 1 is 1.15 bits per heavy atom. The largest absolute Gasteiger partial charge is 0.326 e. The fraction of sp³-hybridized carbons (Fsp3) is 0.545. The zero-order valence-corrected chi connectivity index (χ0v) is 17.3. The number of aromatic nitrogens is 2. The van der Waals surface area contributed by atoms with E-state index in [-0.39, 0.29) is 11.3 Å². The highest BCUT2D eigenvalue weighted by Crippen LogP contribution is 2.23. The molecule has 0 fully saturated rings. The molecule has 0 saturated carbocycles. The number of nitrogens with one attached hydrogen (secondary N) is 1. The first kappa shape index (κ1) is 20.2. The molecule has 1 aromatic heterocycles. The molecule has 0 bridgehead atoms. The molecule has 0 aliphatic heterocycles. The number of amides is 1. The van der Waals surface area contributed by atoms with Crippen molar-refractivity contribution in [3.63, 3.8) is 0 Å². The summed E-state index contributed by atoms with van der Waals surface area (Å²) >= 11 is 0. The first-order valence-electron chi connectivity index (χ1n) is 9.51. The van der Waals surface area contributed by atoms with Crippen molar-refractivity contribution in [1.82, 2.24) is 9.78 Å².